The molecule has 0 bridgehead atoms. The van der Waals surface area contributed by atoms with Crippen LogP contribution < -0.4 is 10.9 Å². The van der Waals surface area contributed by atoms with Gasteiger partial charge in [-0.15, -0.1) is 0 Å². The van der Waals surface area contributed by atoms with Gasteiger partial charge in [0, 0.05) is 30.3 Å². The molecule has 3 rings (SSSR count). The third-order valence-corrected chi connectivity index (χ3v) is 4.59. The van der Waals surface area contributed by atoms with Crippen molar-refractivity contribution in [2.45, 2.75) is 45.8 Å². The third-order valence-electron chi connectivity index (χ3n) is 4.59. The number of nitrogens with one attached hydrogen (secondary N) is 1. The predicted molar refractivity (Wildman–Crippen MR) is 108 cm³/mol. The number of benzene rings is 1. The Balaban J connectivity index is 1.67. The molecule has 0 aliphatic rings. The van der Waals surface area contributed by atoms with E-state index in [2.05, 4.69) is 15.5 Å². The molecule has 31 heavy (non-hydrogen) atoms. The number of aryl methyl sites for hydroxylation is 2. The minimum atomic E-state index is -4.50. The van der Waals surface area contributed by atoms with E-state index in [1.54, 1.807) is 16.7 Å². The van der Waals surface area contributed by atoms with Gasteiger partial charge in [-0.25, -0.2) is 0 Å². The smallest absolute Gasteiger partial charge is 0.339 e. The maximum Gasteiger partial charge on any atom is 0.416 e. The highest BCUT2D eigenvalue weighted by atomic mass is 19.4. The third kappa shape index (κ3) is 5.19. The molecule has 3 aromatic rings. The summed E-state index contributed by atoms with van der Waals surface area (Å²) in [6.45, 7) is 5.61. The highest BCUT2D eigenvalue weighted by Gasteiger charge is 2.30. The lowest BCUT2D eigenvalue weighted by Crippen LogP contribution is -2.25. The van der Waals surface area contributed by atoms with E-state index in [1.807, 2.05) is 20.8 Å². The van der Waals surface area contributed by atoms with Crippen LogP contribution in [-0.2, 0) is 17.4 Å². The molecule has 0 aliphatic heterocycles. The molecule has 7 nitrogen and oxygen atoms in total. The Kier molecular flexibility index (Phi) is 6.28. The average molecular weight is 434 g/mol. The van der Waals surface area contributed by atoms with Crippen molar-refractivity contribution in [3.63, 3.8) is 0 Å². The second-order valence-electron chi connectivity index (χ2n) is 7.30. The highest BCUT2D eigenvalue weighted by Crippen LogP contribution is 2.30. The molecule has 2 heterocycles. The van der Waals surface area contributed by atoms with Crippen molar-refractivity contribution in [2.24, 2.45) is 0 Å². The van der Waals surface area contributed by atoms with Crippen LogP contribution in [-0.4, -0.2) is 20.6 Å². The van der Waals surface area contributed by atoms with Crippen LogP contribution in [0.15, 0.2) is 45.7 Å². The second-order valence-corrected chi connectivity index (χ2v) is 7.30. The van der Waals surface area contributed by atoms with Gasteiger partial charge in [-0.3, -0.25) is 9.59 Å². The van der Waals surface area contributed by atoms with E-state index in [0.29, 0.717) is 0 Å². The zero-order valence-electron chi connectivity index (χ0n) is 17.2. The molecule has 0 saturated carbocycles. The van der Waals surface area contributed by atoms with E-state index in [4.69, 9.17) is 4.52 Å². The summed E-state index contributed by atoms with van der Waals surface area (Å²) in [5.41, 5.74) is 0.0306. The number of alkyl halides is 3. The van der Waals surface area contributed by atoms with Crippen LogP contribution in [0.5, 0.6) is 0 Å². The largest absolute Gasteiger partial charge is 0.416 e. The number of carbonyl (C=O) groups excluding carboxylic acids is 1. The Bertz CT molecular complexity index is 1150. The van der Waals surface area contributed by atoms with Crippen molar-refractivity contribution in [2.75, 3.05) is 5.32 Å². The summed E-state index contributed by atoms with van der Waals surface area (Å²) in [5.74, 6) is -0.241. The lowest BCUT2D eigenvalue weighted by molar-refractivity contribution is -0.137. The molecule has 10 heteroatoms. The Morgan fingerprint density at radius 2 is 1.97 bits per heavy atom. The van der Waals surface area contributed by atoms with E-state index < -0.39 is 17.6 Å². The topological polar surface area (TPSA) is 90.0 Å². The average Bonchev–Trinajstić information content (AvgIpc) is 3.14. The fraction of sp³-hybridized carbons (Fsp3) is 0.333. The molecule has 164 valence electrons. The van der Waals surface area contributed by atoms with Gasteiger partial charge in [0.25, 0.3) is 5.56 Å². The number of anilines is 1. The summed E-state index contributed by atoms with van der Waals surface area (Å²) in [6, 6.07) is 7.73. The highest BCUT2D eigenvalue weighted by molar-refractivity contribution is 5.90. The zero-order valence-corrected chi connectivity index (χ0v) is 17.2. The second kappa shape index (κ2) is 8.75. The van der Waals surface area contributed by atoms with Crippen LogP contribution in [0.25, 0.3) is 11.4 Å². The fourth-order valence-corrected chi connectivity index (χ4v) is 3.14. The predicted octanol–water partition coefficient (Wildman–Crippen LogP) is 4.38. The Labute approximate surface area is 175 Å². The van der Waals surface area contributed by atoms with Gasteiger partial charge in [-0.1, -0.05) is 11.2 Å². The normalized spacial score (nSPS) is 11.7. The van der Waals surface area contributed by atoms with E-state index in [-0.39, 0.29) is 47.4 Å². The summed E-state index contributed by atoms with van der Waals surface area (Å²) >= 11 is 0. The number of carbonyl (C=O) groups is 1. The van der Waals surface area contributed by atoms with Crippen molar-refractivity contribution in [3.8, 4) is 11.4 Å². The molecular formula is C21H21F3N4O3. The van der Waals surface area contributed by atoms with E-state index in [0.717, 1.165) is 17.8 Å². The standard InChI is InChI=1S/C21H21F3N4O3/c1-12(2)28-13(3)7-8-16(20(28)30)19-26-18(31-27-19)10-9-17(29)25-15-6-4-5-14(11-15)21(22,23)24/h4-8,11-12H,9-10H2,1-3H3,(H,25,29). The summed E-state index contributed by atoms with van der Waals surface area (Å²) in [6.07, 6.45) is -4.50. The van der Waals surface area contributed by atoms with Gasteiger partial charge < -0.3 is 14.4 Å². The minimum absolute atomic E-state index is 0.0416. The number of hydrogen-bond donors (Lipinski definition) is 1. The molecule has 0 aliphatic carbocycles. The molecule has 0 unspecified atom stereocenters. The Hall–Kier alpha value is -3.43. The molecule has 1 N–H and O–H groups in total. The van der Waals surface area contributed by atoms with E-state index in [9.17, 15) is 22.8 Å². The number of aromatic nitrogens is 3. The van der Waals surface area contributed by atoms with Gasteiger partial charge in [-0.05, 0) is 51.1 Å². The first-order valence-electron chi connectivity index (χ1n) is 9.58. The van der Waals surface area contributed by atoms with Gasteiger partial charge in [0.1, 0.15) is 0 Å². The number of amides is 1. The number of rotatable bonds is 6. The van der Waals surface area contributed by atoms with Gasteiger partial charge in [-0.2, -0.15) is 18.2 Å². The first kappa shape index (κ1) is 22.3. The molecular weight excluding hydrogens is 413 g/mol. The van der Waals surface area contributed by atoms with Crippen molar-refractivity contribution >= 4 is 11.6 Å². The molecule has 2 aromatic heterocycles. The van der Waals surface area contributed by atoms with Gasteiger partial charge in [0.2, 0.25) is 17.6 Å². The molecule has 0 radical (unpaired) electrons. The monoisotopic (exact) mass is 434 g/mol. The minimum Gasteiger partial charge on any atom is -0.339 e. The summed E-state index contributed by atoms with van der Waals surface area (Å²) in [4.78, 5) is 29.0. The van der Waals surface area contributed by atoms with Crippen LogP contribution >= 0.6 is 0 Å². The van der Waals surface area contributed by atoms with Crippen LogP contribution in [0, 0.1) is 6.92 Å². The molecule has 1 aromatic carbocycles. The molecule has 0 spiro atoms. The number of hydrogen-bond acceptors (Lipinski definition) is 5. The lowest BCUT2D eigenvalue weighted by Gasteiger charge is -2.14. The quantitative estimate of drug-likeness (QED) is 0.622. The van der Waals surface area contributed by atoms with Gasteiger partial charge >= 0.3 is 6.18 Å². The fourth-order valence-electron chi connectivity index (χ4n) is 3.14. The summed E-state index contributed by atoms with van der Waals surface area (Å²) in [7, 11) is 0. The van der Waals surface area contributed by atoms with Crippen LogP contribution in [0.2, 0.25) is 0 Å². The molecule has 0 saturated heterocycles. The maximum atomic E-state index is 12.8. The van der Waals surface area contributed by atoms with Crippen molar-refractivity contribution in [1.29, 1.82) is 0 Å². The number of halogens is 3. The van der Waals surface area contributed by atoms with Crippen molar-refractivity contribution in [3.05, 3.63) is 63.9 Å². The number of nitrogens with zero attached hydrogens (tertiary/aromatic N) is 3. The lowest BCUT2D eigenvalue weighted by atomic mass is 10.2. The Morgan fingerprint density at radius 3 is 2.65 bits per heavy atom. The van der Waals surface area contributed by atoms with Crippen LogP contribution in [0.4, 0.5) is 18.9 Å². The maximum absolute atomic E-state index is 12.8. The molecule has 0 fully saturated rings. The van der Waals surface area contributed by atoms with Gasteiger partial charge in [0.15, 0.2) is 0 Å². The van der Waals surface area contributed by atoms with Crippen molar-refractivity contribution in [1.82, 2.24) is 14.7 Å². The first-order valence-corrected chi connectivity index (χ1v) is 9.58. The SMILES string of the molecule is Cc1ccc(-c2noc(CCC(=O)Nc3cccc(C(F)(F)F)c3)n2)c(=O)n1C(C)C. The molecule has 1 amide bonds. The summed E-state index contributed by atoms with van der Waals surface area (Å²) in [5, 5.41) is 6.24. The first-order chi connectivity index (χ1) is 14.6. The van der Waals surface area contributed by atoms with E-state index in [1.165, 1.54) is 12.1 Å². The molecule has 0 atom stereocenters. The van der Waals surface area contributed by atoms with Crippen LogP contribution in [0.1, 0.15) is 43.5 Å². The van der Waals surface area contributed by atoms with Crippen LogP contribution in [0.3, 0.4) is 0 Å². The summed E-state index contributed by atoms with van der Waals surface area (Å²) < 4.78 is 45.1. The van der Waals surface area contributed by atoms with E-state index >= 15 is 0 Å². The zero-order chi connectivity index (χ0) is 22.8. The Morgan fingerprint density at radius 1 is 1.23 bits per heavy atom. The van der Waals surface area contributed by atoms with Gasteiger partial charge in [0.05, 0.1) is 11.1 Å². The van der Waals surface area contributed by atoms with Crippen molar-refractivity contribution < 1.29 is 22.5 Å². The number of pyridine rings is 1.